The number of rotatable bonds is 7. The zero-order valence-corrected chi connectivity index (χ0v) is 18.8. The molecule has 1 amide bonds. The van der Waals surface area contributed by atoms with Gasteiger partial charge >= 0.3 is 6.36 Å². The Morgan fingerprint density at radius 1 is 1.09 bits per heavy atom. The molecule has 0 spiro atoms. The summed E-state index contributed by atoms with van der Waals surface area (Å²) in [6.07, 6.45) is -4.02. The zero-order valence-electron chi connectivity index (χ0n) is 18.0. The number of benzene rings is 2. The first-order chi connectivity index (χ1) is 15.9. The predicted octanol–water partition coefficient (Wildman–Crippen LogP) is 4.01. The van der Waals surface area contributed by atoms with E-state index >= 15 is 0 Å². The van der Waals surface area contributed by atoms with Crippen molar-refractivity contribution >= 4 is 17.2 Å². The molecule has 1 unspecified atom stereocenters. The smallest absolute Gasteiger partial charge is 0.488 e. The number of halogens is 3. The number of likely N-dealkylation sites (N-methyl/N-ethyl adjacent to an activating group) is 1. The molecule has 0 bridgehead atoms. The highest BCUT2D eigenvalue weighted by atomic mass is 32.1. The fourth-order valence-electron chi connectivity index (χ4n) is 3.90. The van der Waals surface area contributed by atoms with Crippen molar-refractivity contribution in [3.63, 3.8) is 0 Å². The summed E-state index contributed by atoms with van der Waals surface area (Å²) in [6, 6.07) is 14.4. The zero-order chi connectivity index (χ0) is 23.4. The van der Waals surface area contributed by atoms with E-state index in [1.807, 2.05) is 23.8 Å². The molecule has 1 aliphatic heterocycles. The number of ether oxygens (including phenoxy) is 2. The average Bonchev–Trinajstić information content (AvgIpc) is 3.27. The Morgan fingerprint density at radius 2 is 1.79 bits per heavy atom. The topological polar surface area (TPSA) is 55.4 Å². The molecule has 0 saturated carbocycles. The number of amides is 1. The third-order valence-corrected chi connectivity index (χ3v) is 6.43. The van der Waals surface area contributed by atoms with E-state index in [-0.39, 0.29) is 17.7 Å². The SMILES string of the molecule is C[NH2+]CCOc1ccc(C(=O)N2CCc3sccc3C2c2ccc(OC(F)(F)F)cc2)cc1. The van der Waals surface area contributed by atoms with Crippen molar-refractivity contribution in [1.29, 1.82) is 0 Å². The molecule has 1 aliphatic rings. The van der Waals surface area contributed by atoms with Gasteiger partial charge in [0.25, 0.3) is 5.91 Å². The van der Waals surface area contributed by atoms with Gasteiger partial charge in [0.05, 0.1) is 13.1 Å². The highest BCUT2D eigenvalue weighted by molar-refractivity contribution is 7.10. The maximum atomic E-state index is 13.5. The van der Waals surface area contributed by atoms with Gasteiger partial charge in [-0.05, 0) is 65.4 Å². The summed E-state index contributed by atoms with van der Waals surface area (Å²) in [7, 11) is 1.97. The highest BCUT2D eigenvalue weighted by Gasteiger charge is 2.34. The van der Waals surface area contributed by atoms with Gasteiger partial charge in [-0.15, -0.1) is 24.5 Å². The second-order valence-corrected chi connectivity index (χ2v) is 8.64. The normalized spacial score (nSPS) is 15.8. The lowest BCUT2D eigenvalue weighted by Gasteiger charge is -2.36. The van der Waals surface area contributed by atoms with Crippen molar-refractivity contribution in [2.75, 3.05) is 26.7 Å². The predicted molar refractivity (Wildman–Crippen MR) is 119 cm³/mol. The summed E-state index contributed by atoms with van der Waals surface area (Å²) in [6.45, 7) is 1.93. The van der Waals surface area contributed by atoms with Gasteiger partial charge in [-0.2, -0.15) is 0 Å². The Bertz CT molecular complexity index is 1080. The van der Waals surface area contributed by atoms with Crippen LogP contribution in [0.4, 0.5) is 13.2 Å². The highest BCUT2D eigenvalue weighted by Crippen LogP contribution is 2.39. The molecule has 0 saturated heterocycles. The standard InChI is InChI=1S/C24H23F3N2O3S/c1-28-12-14-31-18-6-4-17(5-7-18)23(30)29-13-10-21-20(11-15-33-21)22(29)16-2-8-19(9-3-16)32-24(25,26)27/h2-9,11,15,22,28H,10,12-14H2,1H3/p+1. The van der Waals surface area contributed by atoms with E-state index in [1.165, 1.54) is 17.0 Å². The Labute approximate surface area is 193 Å². The number of hydrogen-bond donors (Lipinski definition) is 1. The maximum absolute atomic E-state index is 13.5. The lowest BCUT2D eigenvalue weighted by Crippen LogP contribution is -2.80. The van der Waals surface area contributed by atoms with Crippen LogP contribution in [0.1, 0.15) is 32.4 Å². The number of thiophene rings is 1. The fraction of sp³-hybridized carbons (Fsp3) is 0.292. The van der Waals surface area contributed by atoms with Crippen LogP contribution in [0.3, 0.4) is 0 Å². The van der Waals surface area contributed by atoms with Crippen LogP contribution < -0.4 is 14.8 Å². The van der Waals surface area contributed by atoms with Crippen molar-refractivity contribution < 1.29 is 32.8 Å². The summed E-state index contributed by atoms with van der Waals surface area (Å²) < 4.78 is 47.3. The van der Waals surface area contributed by atoms with Crippen LogP contribution in [0.2, 0.25) is 0 Å². The number of nitrogens with two attached hydrogens (primary N) is 1. The van der Waals surface area contributed by atoms with Gasteiger partial charge in [0.2, 0.25) is 0 Å². The number of nitrogens with zero attached hydrogens (tertiary/aromatic N) is 1. The van der Waals surface area contributed by atoms with Crippen LogP contribution >= 0.6 is 11.3 Å². The van der Waals surface area contributed by atoms with E-state index in [9.17, 15) is 18.0 Å². The molecular formula is C24H24F3N2O3S+. The second kappa shape index (κ2) is 9.84. The molecule has 0 aliphatic carbocycles. The molecule has 1 aromatic heterocycles. The van der Waals surface area contributed by atoms with Crippen molar-refractivity contribution in [3.8, 4) is 11.5 Å². The van der Waals surface area contributed by atoms with Crippen LogP contribution in [-0.4, -0.2) is 43.9 Å². The summed E-state index contributed by atoms with van der Waals surface area (Å²) in [5.41, 5.74) is 2.26. The summed E-state index contributed by atoms with van der Waals surface area (Å²) in [4.78, 5) is 16.4. The lowest BCUT2D eigenvalue weighted by atomic mass is 9.92. The molecule has 9 heteroatoms. The number of hydrogen-bond acceptors (Lipinski definition) is 4. The Balaban J connectivity index is 1.58. The van der Waals surface area contributed by atoms with E-state index in [4.69, 9.17) is 4.74 Å². The average molecular weight is 478 g/mol. The first-order valence-electron chi connectivity index (χ1n) is 10.6. The third kappa shape index (κ3) is 5.48. The first kappa shape index (κ1) is 23.1. The minimum Gasteiger partial charge on any atom is -0.488 e. The van der Waals surface area contributed by atoms with Gasteiger partial charge in [0.1, 0.15) is 24.7 Å². The Hall–Kier alpha value is -3.04. The molecule has 0 radical (unpaired) electrons. The maximum Gasteiger partial charge on any atom is 0.573 e. The second-order valence-electron chi connectivity index (χ2n) is 7.64. The van der Waals surface area contributed by atoms with Gasteiger partial charge in [0.15, 0.2) is 0 Å². The molecule has 33 heavy (non-hydrogen) atoms. The quantitative estimate of drug-likeness (QED) is 0.524. The van der Waals surface area contributed by atoms with Crippen LogP contribution in [0.15, 0.2) is 60.0 Å². The Kier molecular flexibility index (Phi) is 6.90. The van der Waals surface area contributed by atoms with E-state index in [0.29, 0.717) is 24.5 Å². The molecule has 2 aromatic carbocycles. The number of alkyl halides is 3. The minimum atomic E-state index is -4.75. The number of carbonyl (C=O) groups excluding carboxylic acids is 1. The van der Waals surface area contributed by atoms with Gasteiger partial charge in [0, 0.05) is 17.0 Å². The third-order valence-electron chi connectivity index (χ3n) is 5.43. The van der Waals surface area contributed by atoms with Crippen molar-refractivity contribution in [2.45, 2.75) is 18.8 Å². The van der Waals surface area contributed by atoms with Gasteiger partial charge in [-0.25, -0.2) is 0 Å². The lowest BCUT2D eigenvalue weighted by molar-refractivity contribution is -0.627. The number of carbonyl (C=O) groups is 1. The van der Waals surface area contributed by atoms with Crippen molar-refractivity contribution in [1.82, 2.24) is 4.90 Å². The van der Waals surface area contributed by atoms with E-state index < -0.39 is 6.36 Å². The molecule has 3 aromatic rings. The molecule has 4 rings (SSSR count). The van der Waals surface area contributed by atoms with E-state index in [2.05, 4.69) is 4.74 Å². The van der Waals surface area contributed by atoms with Gasteiger partial charge in [-0.1, -0.05) is 12.1 Å². The molecule has 5 nitrogen and oxygen atoms in total. The Morgan fingerprint density at radius 3 is 2.45 bits per heavy atom. The van der Waals surface area contributed by atoms with Crippen LogP contribution in [0, 0.1) is 0 Å². The summed E-state index contributed by atoms with van der Waals surface area (Å²) >= 11 is 1.63. The molecule has 2 N–H and O–H groups in total. The summed E-state index contributed by atoms with van der Waals surface area (Å²) in [5.74, 6) is 0.270. The van der Waals surface area contributed by atoms with E-state index in [1.54, 1.807) is 52.6 Å². The monoisotopic (exact) mass is 477 g/mol. The number of quaternary nitrogens is 1. The number of fused-ring (bicyclic) bond motifs is 1. The van der Waals surface area contributed by atoms with Crippen molar-refractivity contribution in [2.24, 2.45) is 0 Å². The molecule has 0 fully saturated rings. The molecule has 2 heterocycles. The van der Waals surface area contributed by atoms with Crippen LogP contribution in [0.5, 0.6) is 11.5 Å². The van der Waals surface area contributed by atoms with E-state index in [0.717, 1.165) is 24.1 Å². The fourth-order valence-corrected chi connectivity index (χ4v) is 4.80. The first-order valence-corrected chi connectivity index (χ1v) is 11.5. The molecule has 1 atom stereocenters. The van der Waals surface area contributed by atoms with Crippen LogP contribution in [0.25, 0.3) is 0 Å². The van der Waals surface area contributed by atoms with Crippen molar-refractivity contribution in [3.05, 3.63) is 81.5 Å². The summed E-state index contributed by atoms with van der Waals surface area (Å²) in [5, 5.41) is 4.00. The minimum absolute atomic E-state index is 0.138. The molecule has 174 valence electrons. The van der Waals surface area contributed by atoms with Crippen LogP contribution in [-0.2, 0) is 6.42 Å². The van der Waals surface area contributed by atoms with Gasteiger partial charge < -0.3 is 19.7 Å². The van der Waals surface area contributed by atoms with Gasteiger partial charge in [-0.3, -0.25) is 4.79 Å². The largest absolute Gasteiger partial charge is 0.573 e. The molecular weight excluding hydrogens is 453 g/mol.